The standard InChI is InChI=1S/C12H15ClO5/c1-4-18-12(15)10(14)9-8(16-2)6-5-7(13)11(9)17-3/h5-6,10,14H,4H2,1-3H3. The van der Waals surface area contributed by atoms with E-state index < -0.39 is 12.1 Å². The van der Waals surface area contributed by atoms with E-state index in [0.29, 0.717) is 5.75 Å². The lowest BCUT2D eigenvalue weighted by molar-refractivity contribution is -0.153. The predicted octanol–water partition coefficient (Wildman–Crippen LogP) is 1.95. The van der Waals surface area contributed by atoms with Crippen molar-refractivity contribution in [1.82, 2.24) is 0 Å². The summed E-state index contributed by atoms with van der Waals surface area (Å²) in [5.41, 5.74) is 0.158. The van der Waals surface area contributed by atoms with Crippen LogP contribution in [0.1, 0.15) is 18.6 Å². The van der Waals surface area contributed by atoms with Crippen molar-refractivity contribution in [2.75, 3.05) is 20.8 Å². The van der Waals surface area contributed by atoms with E-state index in [-0.39, 0.29) is 22.9 Å². The number of aliphatic hydroxyl groups is 1. The van der Waals surface area contributed by atoms with E-state index in [0.717, 1.165) is 0 Å². The highest BCUT2D eigenvalue weighted by Gasteiger charge is 2.28. The van der Waals surface area contributed by atoms with Gasteiger partial charge in [0.05, 0.1) is 31.4 Å². The Bertz CT molecular complexity index is 433. The largest absolute Gasteiger partial charge is 0.496 e. The molecule has 0 saturated heterocycles. The molecule has 0 aromatic heterocycles. The Morgan fingerprint density at radius 3 is 2.56 bits per heavy atom. The molecule has 1 aromatic carbocycles. The monoisotopic (exact) mass is 274 g/mol. The van der Waals surface area contributed by atoms with E-state index in [9.17, 15) is 9.90 Å². The van der Waals surface area contributed by atoms with Crippen molar-refractivity contribution in [2.24, 2.45) is 0 Å². The van der Waals surface area contributed by atoms with Gasteiger partial charge in [-0.3, -0.25) is 0 Å². The Balaban J connectivity index is 3.27. The quantitative estimate of drug-likeness (QED) is 0.832. The van der Waals surface area contributed by atoms with Crippen LogP contribution < -0.4 is 9.47 Å². The zero-order valence-electron chi connectivity index (χ0n) is 10.4. The van der Waals surface area contributed by atoms with E-state index >= 15 is 0 Å². The second-order valence-corrected chi connectivity index (χ2v) is 3.76. The van der Waals surface area contributed by atoms with Crippen LogP contribution in [0.5, 0.6) is 11.5 Å². The first-order valence-electron chi connectivity index (χ1n) is 5.31. The van der Waals surface area contributed by atoms with E-state index in [2.05, 4.69) is 0 Å². The summed E-state index contributed by atoms with van der Waals surface area (Å²) >= 11 is 5.94. The molecule has 0 heterocycles. The first-order valence-corrected chi connectivity index (χ1v) is 5.69. The van der Waals surface area contributed by atoms with Gasteiger partial charge in [0.15, 0.2) is 6.10 Å². The molecular formula is C12H15ClO5. The summed E-state index contributed by atoms with van der Waals surface area (Å²) < 4.78 is 14.9. The maximum atomic E-state index is 11.6. The average molecular weight is 275 g/mol. The normalized spacial score (nSPS) is 11.8. The van der Waals surface area contributed by atoms with Crippen molar-refractivity contribution in [3.8, 4) is 11.5 Å². The van der Waals surface area contributed by atoms with Gasteiger partial charge in [0.2, 0.25) is 0 Å². The van der Waals surface area contributed by atoms with E-state index in [4.69, 9.17) is 25.8 Å². The molecule has 100 valence electrons. The van der Waals surface area contributed by atoms with Gasteiger partial charge in [-0.2, -0.15) is 0 Å². The molecule has 1 unspecified atom stereocenters. The van der Waals surface area contributed by atoms with Gasteiger partial charge < -0.3 is 19.3 Å². The molecule has 1 rings (SSSR count). The Morgan fingerprint density at radius 2 is 2.06 bits per heavy atom. The number of hydrogen-bond donors (Lipinski definition) is 1. The molecule has 0 bridgehead atoms. The van der Waals surface area contributed by atoms with Crippen LogP contribution in [0.25, 0.3) is 0 Å². The summed E-state index contributed by atoms with van der Waals surface area (Å²) in [7, 11) is 2.81. The number of rotatable bonds is 5. The summed E-state index contributed by atoms with van der Waals surface area (Å²) in [4.78, 5) is 11.6. The highest BCUT2D eigenvalue weighted by Crippen LogP contribution is 2.39. The Hall–Kier alpha value is -1.46. The van der Waals surface area contributed by atoms with Crippen molar-refractivity contribution in [1.29, 1.82) is 0 Å². The zero-order chi connectivity index (χ0) is 13.7. The molecule has 1 atom stereocenters. The van der Waals surface area contributed by atoms with E-state index in [1.54, 1.807) is 19.1 Å². The summed E-state index contributed by atoms with van der Waals surface area (Å²) in [6, 6.07) is 3.10. The molecule has 1 aromatic rings. The second kappa shape index (κ2) is 6.47. The average Bonchev–Trinajstić information content (AvgIpc) is 2.37. The van der Waals surface area contributed by atoms with E-state index in [1.807, 2.05) is 0 Å². The maximum absolute atomic E-state index is 11.6. The van der Waals surface area contributed by atoms with E-state index in [1.165, 1.54) is 14.2 Å². The van der Waals surface area contributed by atoms with Crippen LogP contribution in [0, 0.1) is 0 Å². The lowest BCUT2D eigenvalue weighted by Crippen LogP contribution is -2.17. The van der Waals surface area contributed by atoms with Crippen LogP contribution in [0.3, 0.4) is 0 Å². The van der Waals surface area contributed by atoms with Crippen LogP contribution in [-0.4, -0.2) is 31.9 Å². The molecule has 0 aliphatic heterocycles. The fraction of sp³-hybridized carbons (Fsp3) is 0.417. The van der Waals surface area contributed by atoms with Crippen LogP contribution >= 0.6 is 11.6 Å². The molecule has 1 N–H and O–H groups in total. The molecule has 0 amide bonds. The molecule has 0 radical (unpaired) electrons. The van der Waals surface area contributed by atoms with Gasteiger partial charge in [-0.1, -0.05) is 11.6 Å². The number of hydrogen-bond acceptors (Lipinski definition) is 5. The first-order chi connectivity index (χ1) is 8.56. The van der Waals surface area contributed by atoms with Crippen LogP contribution in [0.2, 0.25) is 5.02 Å². The third kappa shape index (κ3) is 2.86. The minimum atomic E-state index is -1.51. The molecule has 6 heteroatoms. The number of carbonyl (C=O) groups is 1. The van der Waals surface area contributed by atoms with Crippen molar-refractivity contribution in [2.45, 2.75) is 13.0 Å². The van der Waals surface area contributed by atoms with Crippen molar-refractivity contribution < 1.29 is 24.1 Å². The minimum Gasteiger partial charge on any atom is -0.496 e. The number of halogens is 1. The first kappa shape index (κ1) is 14.6. The number of carbonyl (C=O) groups excluding carboxylic acids is 1. The predicted molar refractivity (Wildman–Crippen MR) is 66.1 cm³/mol. The molecule has 18 heavy (non-hydrogen) atoms. The van der Waals surface area contributed by atoms with Crippen LogP contribution in [-0.2, 0) is 9.53 Å². The maximum Gasteiger partial charge on any atom is 0.339 e. The molecule has 5 nitrogen and oxygen atoms in total. The van der Waals surface area contributed by atoms with Gasteiger partial charge in [0, 0.05) is 0 Å². The number of ether oxygens (including phenoxy) is 3. The van der Waals surface area contributed by atoms with Crippen molar-refractivity contribution in [3.05, 3.63) is 22.7 Å². The van der Waals surface area contributed by atoms with Crippen LogP contribution in [0.15, 0.2) is 12.1 Å². The molecule has 0 aliphatic carbocycles. The Kier molecular flexibility index (Phi) is 5.25. The van der Waals surface area contributed by atoms with Gasteiger partial charge >= 0.3 is 5.97 Å². The van der Waals surface area contributed by atoms with Gasteiger partial charge in [-0.05, 0) is 19.1 Å². The number of benzene rings is 1. The van der Waals surface area contributed by atoms with Gasteiger partial charge in [0.25, 0.3) is 0 Å². The minimum absolute atomic E-state index is 0.158. The van der Waals surface area contributed by atoms with Gasteiger partial charge in [-0.15, -0.1) is 0 Å². The van der Waals surface area contributed by atoms with Crippen molar-refractivity contribution in [3.63, 3.8) is 0 Å². The number of methoxy groups -OCH3 is 2. The molecule has 0 spiro atoms. The molecule has 0 saturated carbocycles. The lowest BCUT2D eigenvalue weighted by atomic mass is 10.1. The Morgan fingerprint density at radius 1 is 1.39 bits per heavy atom. The second-order valence-electron chi connectivity index (χ2n) is 3.35. The lowest BCUT2D eigenvalue weighted by Gasteiger charge is -2.17. The molecule has 0 fully saturated rings. The highest BCUT2D eigenvalue weighted by molar-refractivity contribution is 6.32. The number of esters is 1. The fourth-order valence-electron chi connectivity index (χ4n) is 1.54. The SMILES string of the molecule is CCOC(=O)C(O)c1c(OC)ccc(Cl)c1OC. The molecular weight excluding hydrogens is 260 g/mol. The zero-order valence-corrected chi connectivity index (χ0v) is 11.2. The third-order valence-corrected chi connectivity index (χ3v) is 2.61. The smallest absolute Gasteiger partial charge is 0.339 e. The topological polar surface area (TPSA) is 65.0 Å². The number of aliphatic hydroxyl groups excluding tert-OH is 1. The Labute approximate surface area is 110 Å². The highest BCUT2D eigenvalue weighted by atomic mass is 35.5. The summed E-state index contributed by atoms with van der Waals surface area (Å²) in [5, 5.41) is 10.2. The summed E-state index contributed by atoms with van der Waals surface area (Å²) in [6.45, 7) is 1.82. The summed E-state index contributed by atoms with van der Waals surface area (Å²) in [5.74, 6) is -0.287. The van der Waals surface area contributed by atoms with Crippen molar-refractivity contribution >= 4 is 17.6 Å². The van der Waals surface area contributed by atoms with Crippen LogP contribution in [0.4, 0.5) is 0 Å². The summed E-state index contributed by atoms with van der Waals surface area (Å²) in [6.07, 6.45) is -1.51. The third-order valence-electron chi connectivity index (χ3n) is 2.32. The fourth-order valence-corrected chi connectivity index (χ4v) is 1.78. The van der Waals surface area contributed by atoms with Gasteiger partial charge in [0.1, 0.15) is 11.5 Å². The van der Waals surface area contributed by atoms with Gasteiger partial charge in [-0.25, -0.2) is 4.79 Å². The molecule has 0 aliphatic rings.